The van der Waals surface area contributed by atoms with Crippen LogP contribution in [0.5, 0.6) is 11.5 Å². The Bertz CT molecular complexity index is 726. The molecule has 0 aliphatic heterocycles. The number of amides is 1. The van der Waals surface area contributed by atoms with E-state index in [4.69, 9.17) is 14.2 Å². The van der Waals surface area contributed by atoms with Gasteiger partial charge in [-0.05, 0) is 29.7 Å². The molecule has 23 heavy (non-hydrogen) atoms. The van der Waals surface area contributed by atoms with Gasteiger partial charge in [0.2, 0.25) is 0 Å². The van der Waals surface area contributed by atoms with Crippen LogP contribution in [0.25, 0.3) is 10.8 Å². The topological polar surface area (TPSA) is 73.9 Å². The minimum Gasteiger partial charge on any atom is -0.496 e. The Morgan fingerprint density at radius 1 is 1.26 bits per heavy atom. The molecular formula is C17H17NO5. The van der Waals surface area contributed by atoms with E-state index in [1.54, 1.807) is 19.2 Å². The third-order valence-electron chi connectivity index (χ3n) is 3.02. The second kappa shape index (κ2) is 7.84. The molecule has 0 aromatic heterocycles. The molecule has 0 radical (unpaired) electrons. The molecule has 6 heteroatoms. The summed E-state index contributed by atoms with van der Waals surface area (Å²) in [5.41, 5.74) is 0. The average molecular weight is 315 g/mol. The van der Waals surface area contributed by atoms with Crippen molar-refractivity contribution in [3.63, 3.8) is 0 Å². The highest BCUT2D eigenvalue weighted by Gasteiger charge is 2.07. The van der Waals surface area contributed by atoms with E-state index in [0.29, 0.717) is 5.75 Å². The first kappa shape index (κ1) is 16.4. The van der Waals surface area contributed by atoms with E-state index < -0.39 is 12.1 Å². The van der Waals surface area contributed by atoms with Crippen molar-refractivity contribution >= 4 is 22.8 Å². The van der Waals surface area contributed by atoms with E-state index in [-0.39, 0.29) is 13.2 Å². The molecule has 0 heterocycles. The lowest BCUT2D eigenvalue weighted by molar-refractivity contribution is -0.137. The van der Waals surface area contributed by atoms with E-state index in [2.05, 4.69) is 11.9 Å². The Labute approximate surface area is 133 Å². The normalized spacial score (nSPS) is 9.96. The number of nitrogens with one attached hydrogen (secondary N) is 1. The molecule has 0 unspecified atom stereocenters. The maximum atomic E-state index is 11.7. The third kappa shape index (κ3) is 4.47. The highest BCUT2D eigenvalue weighted by atomic mass is 16.6. The van der Waals surface area contributed by atoms with Crippen molar-refractivity contribution in [3.8, 4) is 11.5 Å². The summed E-state index contributed by atoms with van der Waals surface area (Å²) in [5.74, 6) is 0.623. The maximum Gasteiger partial charge on any atom is 0.412 e. The van der Waals surface area contributed by atoms with Crippen molar-refractivity contribution in [2.24, 2.45) is 0 Å². The SMILES string of the molecule is C=CC(=O)OCCNC(=O)Oc1ccc2c(OC)cccc2c1. The van der Waals surface area contributed by atoms with Gasteiger partial charge >= 0.3 is 12.1 Å². The lowest BCUT2D eigenvalue weighted by Crippen LogP contribution is -2.30. The molecule has 0 aliphatic rings. The van der Waals surface area contributed by atoms with Crippen LogP contribution < -0.4 is 14.8 Å². The minimum atomic E-state index is -0.623. The Morgan fingerprint density at radius 3 is 2.83 bits per heavy atom. The predicted octanol–water partition coefficient (Wildman–Crippen LogP) is 2.67. The molecule has 0 aliphatic carbocycles. The Balaban J connectivity index is 1.92. The predicted molar refractivity (Wildman–Crippen MR) is 85.7 cm³/mol. The molecule has 0 fully saturated rings. The van der Waals surface area contributed by atoms with Crippen LogP contribution in [0.2, 0.25) is 0 Å². The molecule has 2 aromatic carbocycles. The summed E-state index contributed by atoms with van der Waals surface area (Å²) in [6.07, 6.45) is 0.434. The van der Waals surface area contributed by atoms with Crippen LogP contribution >= 0.6 is 0 Å². The zero-order valence-electron chi connectivity index (χ0n) is 12.7. The van der Waals surface area contributed by atoms with E-state index in [1.165, 1.54) is 0 Å². The van der Waals surface area contributed by atoms with Gasteiger partial charge < -0.3 is 19.5 Å². The van der Waals surface area contributed by atoms with Gasteiger partial charge in [-0.3, -0.25) is 0 Å². The highest BCUT2D eigenvalue weighted by molar-refractivity contribution is 5.89. The minimum absolute atomic E-state index is 0.0505. The lowest BCUT2D eigenvalue weighted by atomic mass is 10.1. The van der Waals surface area contributed by atoms with Crippen molar-refractivity contribution in [2.75, 3.05) is 20.3 Å². The second-order valence-corrected chi connectivity index (χ2v) is 4.53. The first-order valence-corrected chi connectivity index (χ1v) is 6.95. The standard InChI is InChI=1S/C17H17NO5/c1-3-16(19)22-10-9-18-17(20)23-13-7-8-14-12(11-13)5-4-6-15(14)21-2/h3-8,11H,1,9-10H2,2H3,(H,18,20). The largest absolute Gasteiger partial charge is 0.496 e. The molecule has 1 amide bonds. The molecule has 0 saturated heterocycles. The van der Waals surface area contributed by atoms with Crippen LogP contribution in [0.4, 0.5) is 4.79 Å². The van der Waals surface area contributed by atoms with Crippen LogP contribution in [0.3, 0.4) is 0 Å². The summed E-state index contributed by atoms with van der Waals surface area (Å²) < 4.78 is 15.2. The molecular weight excluding hydrogens is 298 g/mol. The Kier molecular flexibility index (Phi) is 5.57. The molecule has 0 saturated carbocycles. The van der Waals surface area contributed by atoms with Gasteiger partial charge in [0, 0.05) is 11.5 Å². The average Bonchev–Trinajstić information content (AvgIpc) is 2.57. The number of hydrogen-bond donors (Lipinski definition) is 1. The van der Waals surface area contributed by atoms with Gasteiger partial charge in [0.15, 0.2) is 0 Å². The van der Waals surface area contributed by atoms with E-state index in [1.807, 2.05) is 24.3 Å². The van der Waals surface area contributed by atoms with Gasteiger partial charge in [0.1, 0.15) is 18.1 Å². The summed E-state index contributed by atoms with van der Waals surface area (Å²) in [4.78, 5) is 22.5. The number of rotatable bonds is 6. The zero-order valence-corrected chi connectivity index (χ0v) is 12.7. The Hall–Kier alpha value is -3.02. The van der Waals surface area contributed by atoms with Crippen molar-refractivity contribution < 1.29 is 23.8 Å². The second-order valence-electron chi connectivity index (χ2n) is 4.53. The van der Waals surface area contributed by atoms with E-state index >= 15 is 0 Å². The fourth-order valence-corrected chi connectivity index (χ4v) is 1.98. The Morgan fingerprint density at radius 2 is 2.09 bits per heavy atom. The molecule has 0 bridgehead atoms. The van der Waals surface area contributed by atoms with Gasteiger partial charge in [-0.25, -0.2) is 9.59 Å². The fraction of sp³-hybridized carbons (Fsp3) is 0.176. The molecule has 0 atom stereocenters. The molecule has 6 nitrogen and oxygen atoms in total. The van der Waals surface area contributed by atoms with Crippen molar-refractivity contribution in [1.82, 2.24) is 5.32 Å². The molecule has 120 valence electrons. The molecule has 0 spiro atoms. The maximum absolute atomic E-state index is 11.7. The number of ether oxygens (including phenoxy) is 3. The number of benzene rings is 2. The van der Waals surface area contributed by atoms with Gasteiger partial charge in [-0.2, -0.15) is 0 Å². The summed E-state index contributed by atoms with van der Waals surface area (Å²) in [6.45, 7) is 3.48. The number of esters is 1. The lowest BCUT2D eigenvalue weighted by Gasteiger charge is -2.09. The first-order valence-electron chi connectivity index (χ1n) is 6.95. The zero-order chi connectivity index (χ0) is 16.7. The van der Waals surface area contributed by atoms with Crippen LogP contribution in [-0.4, -0.2) is 32.3 Å². The number of methoxy groups -OCH3 is 1. The summed E-state index contributed by atoms with van der Waals surface area (Å²) in [5, 5.41) is 4.31. The van der Waals surface area contributed by atoms with Crippen molar-refractivity contribution in [3.05, 3.63) is 49.1 Å². The van der Waals surface area contributed by atoms with Gasteiger partial charge in [0.25, 0.3) is 0 Å². The summed E-state index contributed by atoms with van der Waals surface area (Å²) >= 11 is 0. The molecule has 1 N–H and O–H groups in total. The van der Waals surface area contributed by atoms with Gasteiger partial charge in [-0.1, -0.05) is 18.7 Å². The fourth-order valence-electron chi connectivity index (χ4n) is 1.98. The van der Waals surface area contributed by atoms with Crippen molar-refractivity contribution in [1.29, 1.82) is 0 Å². The third-order valence-corrected chi connectivity index (χ3v) is 3.02. The number of carbonyl (C=O) groups excluding carboxylic acids is 2. The monoisotopic (exact) mass is 315 g/mol. The van der Waals surface area contributed by atoms with Crippen LogP contribution in [0, 0.1) is 0 Å². The summed E-state index contributed by atoms with van der Waals surface area (Å²) in [7, 11) is 1.60. The van der Waals surface area contributed by atoms with Crippen LogP contribution in [-0.2, 0) is 9.53 Å². The number of fused-ring (bicyclic) bond motifs is 1. The van der Waals surface area contributed by atoms with E-state index in [0.717, 1.165) is 22.6 Å². The van der Waals surface area contributed by atoms with Crippen LogP contribution in [0.15, 0.2) is 49.1 Å². The smallest absolute Gasteiger partial charge is 0.412 e. The molecule has 2 rings (SSSR count). The van der Waals surface area contributed by atoms with Crippen LogP contribution in [0.1, 0.15) is 0 Å². The highest BCUT2D eigenvalue weighted by Crippen LogP contribution is 2.28. The summed E-state index contributed by atoms with van der Waals surface area (Å²) in [6, 6.07) is 10.9. The van der Waals surface area contributed by atoms with Gasteiger partial charge in [-0.15, -0.1) is 0 Å². The van der Waals surface area contributed by atoms with Crippen molar-refractivity contribution in [2.45, 2.75) is 0 Å². The first-order chi connectivity index (χ1) is 11.1. The van der Waals surface area contributed by atoms with E-state index in [9.17, 15) is 9.59 Å². The number of hydrogen-bond acceptors (Lipinski definition) is 5. The number of carbonyl (C=O) groups is 2. The molecule has 2 aromatic rings. The van der Waals surface area contributed by atoms with Gasteiger partial charge in [0.05, 0.1) is 13.7 Å². The quantitative estimate of drug-likeness (QED) is 0.504.